The molecule has 0 unspecified atom stereocenters. The van der Waals surface area contributed by atoms with Crippen molar-refractivity contribution in [3.8, 4) is 5.75 Å². The molecule has 0 aliphatic rings. The van der Waals surface area contributed by atoms with E-state index in [1.165, 1.54) is 0 Å². The third-order valence-electron chi connectivity index (χ3n) is 2.39. The van der Waals surface area contributed by atoms with E-state index in [9.17, 15) is 0 Å². The Hall–Kier alpha value is -0.900. The second-order valence-electron chi connectivity index (χ2n) is 3.76. The number of nitrogens with one attached hydrogen (secondary N) is 1. The lowest BCUT2D eigenvalue weighted by Crippen LogP contribution is -2.21. The SMILES string of the molecule is C=C(CCOC(=N)C(Cl)(Cl)Cl)c1cccc(OC)c1. The van der Waals surface area contributed by atoms with Crippen LogP contribution in [0.15, 0.2) is 30.8 Å². The Morgan fingerprint density at radius 1 is 1.37 bits per heavy atom. The van der Waals surface area contributed by atoms with Crippen LogP contribution in [0.3, 0.4) is 0 Å². The zero-order valence-electron chi connectivity index (χ0n) is 10.4. The van der Waals surface area contributed by atoms with Gasteiger partial charge in [-0.2, -0.15) is 0 Å². The van der Waals surface area contributed by atoms with E-state index in [4.69, 9.17) is 49.7 Å². The fourth-order valence-electron chi connectivity index (χ4n) is 1.35. The number of rotatable bonds is 5. The topological polar surface area (TPSA) is 42.3 Å². The monoisotopic (exact) mass is 321 g/mol. The van der Waals surface area contributed by atoms with Gasteiger partial charge in [0.05, 0.1) is 13.7 Å². The van der Waals surface area contributed by atoms with Gasteiger partial charge in [0.15, 0.2) is 0 Å². The second kappa shape index (κ2) is 7.04. The molecule has 0 aliphatic carbocycles. The number of halogens is 3. The summed E-state index contributed by atoms with van der Waals surface area (Å²) in [4.78, 5) is 0. The third kappa shape index (κ3) is 5.31. The van der Waals surface area contributed by atoms with Crippen LogP contribution < -0.4 is 4.74 Å². The third-order valence-corrected chi connectivity index (χ3v) is 2.90. The van der Waals surface area contributed by atoms with Crippen LogP contribution in [0.5, 0.6) is 5.75 Å². The molecule has 0 heterocycles. The summed E-state index contributed by atoms with van der Waals surface area (Å²) < 4.78 is 8.36. The van der Waals surface area contributed by atoms with Crippen molar-refractivity contribution in [1.29, 1.82) is 5.41 Å². The number of ether oxygens (including phenoxy) is 2. The zero-order chi connectivity index (χ0) is 14.5. The van der Waals surface area contributed by atoms with Gasteiger partial charge < -0.3 is 9.47 Å². The van der Waals surface area contributed by atoms with Crippen molar-refractivity contribution in [2.75, 3.05) is 13.7 Å². The Bertz CT molecular complexity index is 469. The smallest absolute Gasteiger partial charge is 0.265 e. The van der Waals surface area contributed by atoms with Crippen LogP contribution in [0.1, 0.15) is 12.0 Å². The average Bonchev–Trinajstić information content (AvgIpc) is 2.37. The van der Waals surface area contributed by atoms with Crippen LogP contribution in [0.4, 0.5) is 0 Å². The van der Waals surface area contributed by atoms with Gasteiger partial charge in [-0.3, -0.25) is 5.41 Å². The Morgan fingerprint density at radius 3 is 2.63 bits per heavy atom. The lowest BCUT2D eigenvalue weighted by molar-refractivity contribution is 0.305. The first-order chi connectivity index (χ1) is 8.84. The lowest BCUT2D eigenvalue weighted by Gasteiger charge is -2.14. The molecule has 0 amide bonds. The Labute approximate surface area is 127 Å². The van der Waals surface area contributed by atoms with Gasteiger partial charge >= 0.3 is 0 Å². The number of benzene rings is 1. The Kier molecular flexibility index (Phi) is 5.98. The predicted molar refractivity (Wildman–Crippen MR) is 80.6 cm³/mol. The summed E-state index contributed by atoms with van der Waals surface area (Å²) in [5.74, 6) is 0.365. The molecule has 0 radical (unpaired) electrons. The Balaban J connectivity index is 2.50. The number of methoxy groups -OCH3 is 1. The summed E-state index contributed by atoms with van der Waals surface area (Å²) in [6, 6.07) is 7.53. The summed E-state index contributed by atoms with van der Waals surface area (Å²) >= 11 is 16.5. The minimum Gasteiger partial charge on any atom is -0.497 e. The summed E-state index contributed by atoms with van der Waals surface area (Å²) in [6.07, 6.45) is 0.524. The first-order valence-electron chi connectivity index (χ1n) is 5.45. The van der Waals surface area contributed by atoms with E-state index >= 15 is 0 Å². The van der Waals surface area contributed by atoms with E-state index in [1.54, 1.807) is 7.11 Å². The van der Waals surface area contributed by atoms with Gasteiger partial charge in [0.1, 0.15) is 5.75 Å². The van der Waals surface area contributed by atoms with E-state index in [2.05, 4.69) is 6.58 Å². The van der Waals surface area contributed by atoms with Crippen LogP contribution in [0.2, 0.25) is 0 Å². The normalized spacial score (nSPS) is 10.9. The highest BCUT2D eigenvalue weighted by Gasteiger charge is 2.28. The molecule has 1 N–H and O–H groups in total. The molecular weight excluding hydrogens is 309 g/mol. The van der Waals surface area contributed by atoms with E-state index in [0.29, 0.717) is 6.42 Å². The fraction of sp³-hybridized carbons (Fsp3) is 0.308. The molecule has 19 heavy (non-hydrogen) atoms. The van der Waals surface area contributed by atoms with Crippen molar-refractivity contribution in [3.63, 3.8) is 0 Å². The van der Waals surface area contributed by atoms with E-state index in [0.717, 1.165) is 16.9 Å². The number of hydrogen-bond donors (Lipinski definition) is 1. The maximum absolute atomic E-state index is 7.39. The summed E-state index contributed by atoms with van der Waals surface area (Å²) in [5.41, 5.74) is 1.80. The number of hydrogen-bond acceptors (Lipinski definition) is 3. The highest BCUT2D eigenvalue weighted by molar-refractivity contribution is 6.76. The van der Waals surface area contributed by atoms with Gasteiger partial charge in [-0.15, -0.1) is 0 Å². The summed E-state index contributed by atoms with van der Waals surface area (Å²) in [7, 11) is 1.60. The molecule has 0 fully saturated rings. The molecule has 0 aromatic heterocycles. The molecule has 104 valence electrons. The first-order valence-corrected chi connectivity index (χ1v) is 6.58. The largest absolute Gasteiger partial charge is 0.497 e. The lowest BCUT2D eigenvalue weighted by atomic mass is 10.1. The van der Waals surface area contributed by atoms with Crippen LogP contribution in [-0.2, 0) is 4.74 Å². The molecule has 0 saturated carbocycles. The van der Waals surface area contributed by atoms with E-state index in [-0.39, 0.29) is 6.61 Å². The minimum absolute atomic E-state index is 0.225. The summed E-state index contributed by atoms with van der Waals surface area (Å²) in [5, 5.41) is 7.39. The maximum Gasteiger partial charge on any atom is 0.265 e. The van der Waals surface area contributed by atoms with Crippen molar-refractivity contribution in [2.24, 2.45) is 0 Å². The number of alkyl halides is 3. The van der Waals surface area contributed by atoms with Crippen molar-refractivity contribution >= 4 is 46.3 Å². The molecule has 0 atom stereocenters. The predicted octanol–water partition coefficient (Wildman–Crippen LogP) is 4.46. The summed E-state index contributed by atoms with van der Waals surface area (Å²) in [6.45, 7) is 4.18. The molecule has 1 aromatic carbocycles. The second-order valence-corrected chi connectivity index (χ2v) is 6.04. The molecule has 0 bridgehead atoms. The molecule has 3 nitrogen and oxygen atoms in total. The van der Waals surface area contributed by atoms with Crippen LogP contribution >= 0.6 is 34.8 Å². The van der Waals surface area contributed by atoms with Crippen molar-refractivity contribution in [2.45, 2.75) is 10.2 Å². The molecule has 0 spiro atoms. The molecule has 0 saturated heterocycles. The van der Waals surface area contributed by atoms with Gasteiger partial charge in [0, 0.05) is 6.42 Å². The van der Waals surface area contributed by atoms with Crippen LogP contribution in [0, 0.1) is 5.41 Å². The molecule has 1 rings (SSSR count). The Morgan fingerprint density at radius 2 is 2.05 bits per heavy atom. The van der Waals surface area contributed by atoms with Gasteiger partial charge in [0.25, 0.3) is 3.79 Å². The highest BCUT2D eigenvalue weighted by atomic mass is 35.6. The van der Waals surface area contributed by atoms with Crippen molar-refractivity contribution in [1.82, 2.24) is 0 Å². The van der Waals surface area contributed by atoms with Gasteiger partial charge in [-0.25, -0.2) is 0 Å². The van der Waals surface area contributed by atoms with Gasteiger partial charge in [0.2, 0.25) is 5.90 Å². The van der Waals surface area contributed by atoms with Crippen molar-refractivity contribution < 1.29 is 9.47 Å². The van der Waals surface area contributed by atoms with E-state index in [1.807, 2.05) is 24.3 Å². The van der Waals surface area contributed by atoms with Crippen molar-refractivity contribution in [3.05, 3.63) is 36.4 Å². The van der Waals surface area contributed by atoms with Crippen LogP contribution in [0.25, 0.3) is 5.57 Å². The van der Waals surface area contributed by atoms with Gasteiger partial charge in [-0.1, -0.05) is 53.5 Å². The average molecular weight is 323 g/mol. The molecule has 1 aromatic rings. The van der Waals surface area contributed by atoms with E-state index < -0.39 is 9.69 Å². The van der Waals surface area contributed by atoms with Crippen LogP contribution in [-0.4, -0.2) is 23.4 Å². The minimum atomic E-state index is -1.82. The standard InChI is InChI=1S/C13H14Cl3NO2/c1-9(6-7-19-12(17)13(14,15)16)10-4-3-5-11(8-10)18-2/h3-5,8,17H,1,6-7H2,2H3. The fourth-order valence-corrected chi connectivity index (χ4v) is 1.51. The first kappa shape index (κ1) is 16.2. The maximum atomic E-state index is 7.39. The quantitative estimate of drug-likeness (QED) is 0.494. The zero-order valence-corrected chi connectivity index (χ0v) is 12.6. The highest BCUT2D eigenvalue weighted by Crippen LogP contribution is 2.28. The molecular formula is C13H14Cl3NO2. The van der Waals surface area contributed by atoms with Gasteiger partial charge in [-0.05, 0) is 23.3 Å². The molecule has 6 heteroatoms. The molecule has 0 aliphatic heterocycles.